The summed E-state index contributed by atoms with van der Waals surface area (Å²) < 4.78 is 5.79. The average molecular weight is 363 g/mol. The van der Waals surface area contributed by atoms with E-state index in [-0.39, 0.29) is 12.0 Å². The molecule has 0 aliphatic heterocycles. The predicted molar refractivity (Wildman–Crippen MR) is 103 cm³/mol. The Morgan fingerprint density at radius 3 is 2.73 bits per heavy atom. The Balaban J connectivity index is 1.76. The standard InChI is InChI=1S/C19H17N5OS/c1-11-4-3-5-13-8-15(9-25-19-22-12(2)21-18(20)24-19)17(23-16(11)13)14-6-7-26-10-14/h3-8,10H,9H2,1-2H3,(H2,20,21,22,24). The van der Waals surface area contributed by atoms with E-state index in [1.165, 1.54) is 0 Å². The van der Waals surface area contributed by atoms with Gasteiger partial charge >= 0.3 is 6.01 Å². The number of hydrogen-bond donors (Lipinski definition) is 1. The number of benzene rings is 1. The van der Waals surface area contributed by atoms with Crippen LogP contribution in [-0.2, 0) is 6.61 Å². The van der Waals surface area contributed by atoms with Gasteiger partial charge in [-0.2, -0.15) is 26.3 Å². The number of aryl methyl sites for hydroxylation is 2. The summed E-state index contributed by atoms with van der Waals surface area (Å²) in [6.07, 6.45) is 0. The Bertz CT molecular complexity index is 1060. The molecule has 6 nitrogen and oxygen atoms in total. The zero-order valence-corrected chi connectivity index (χ0v) is 15.2. The van der Waals surface area contributed by atoms with Crippen LogP contribution in [0.15, 0.2) is 41.1 Å². The minimum atomic E-state index is 0.151. The molecule has 0 saturated heterocycles. The van der Waals surface area contributed by atoms with Crippen molar-refractivity contribution in [2.75, 3.05) is 5.73 Å². The third-order valence-electron chi connectivity index (χ3n) is 4.02. The van der Waals surface area contributed by atoms with E-state index < -0.39 is 0 Å². The molecule has 4 rings (SSSR count). The summed E-state index contributed by atoms with van der Waals surface area (Å²) in [5.41, 5.74) is 10.8. The Morgan fingerprint density at radius 1 is 1.08 bits per heavy atom. The molecule has 0 unspecified atom stereocenters. The number of pyridine rings is 1. The number of fused-ring (bicyclic) bond motifs is 1. The van der Waals surface area contributed by atoms with Crippen LogP contribution in [0.25, 0.3) is 22.2 Å². The minimum absolute atomic E-state index is 0.151. The van der Waals surface area contributed by atoms with E-state index >= 15 is 0 Å². The van der Waals surface area contributed by atoms with Gasteiger partial charge in [-0.3, -0.25) is 0 Å². The Hall–Kier alpha value is -3.06. The number of aromatic nitrogens is 4. The van der Waals surface area contributed by atoms with Crippen molar-refractivity contribution < 1.29 is 4.74 Å². The van der Waals surface area contributed by atoms with Crippen LogP contribution < -0.4 is 10.5 Å². The van der Waals surface area contributed by atoms with Crippen molar-refractivity contribution in [1.29, 1.82) is 0 Å². The minimum Gasteiger partial charge on any atom is -0.458 e. The fourth-order valence-corrected chi connectivity index (χ4v) is 3.47. The Morgan fingerprint density at radius 2 is 1.96 bits per heavy atom. The summed E-state index contributed by atoms with van der Waals surface area (Å²) in [6.45, 7) is 4.12. The maximum Gasteiger partial charge on any atom is 0.321 e. The first-order valence-electron chi connectivity index (χ1n) is 8.13. The van der Waals surface area contributed by atoms with Crippen molar-refractivity contribution in [3.05, 3.63) is 58.0 Å². The molecule has 0 spiro atoms. The molecule has 0 aliphatic carbocycles. The van der Waals surface area contributed by atoms with Gasteiger partial charge < -0.3 is 10.5 Å². The first-order valence-corrected chi connectivity index (χ1v) is 9.07. The lowest BCUT2D eigenvalue weighted by Gasteiger charge is -2.12. The third-order valence-corrected chi connectivity index (χ3v) is 4.71. The van der Waals surface area contributed by atoms with Crippen LogP contribution in [0.2, 0.25) is 0 Å². The summed E-state index contributed by atoms with van der Waals surface area (Å²) in [4.78, 5) is 17.1. The number of ether oxygens (including phenoxy) is 1. The zero-order valence-electron chi connectivity index (χ0n) is 14.4. The van der Waals surface area contributed by atoms with Crippen LogP contribution in [0.4, 0.5) is 5.95 Å². The topological polar surface area (TPSA) is 86.8 Å². The number of nitrogen functional groups attached to an aromatic ring is 1. The Kier molecular flexibility index (Phi) is 4.22. The van der Waals surface area contributed by atoms with Gasteiger partial charge in [-0.25, -0.2) is 4.98 Å². The highest BCUT2D eigenvalue weighted by molar-refractivity contribution is 7.08. The van der Waals surface area contributed by atoms with Gasteiger partial charge in [0.05, 0.1) is 11.2 Å². The van der Waals surface area contributed by atoms with Crippen molar-refractivity contribution in [3.63, 3.8) is 0 Å². The summed E-state index contributed by atoms with van der Waals surface area (Å²) >= 11 is 1.64. The van der Waals surface area contributed by atoms with Gasteiger partial charge in [0.2, 0.25) is 5.95 Å². The highest BCUT2D eigenvalue weighted by atomic mass is 32.1. The average Bonchev–Trinajstić information content (AvgIpc) is 3.13. The number of nitrogens with zero attached hydrogens (tertiary/aromatic N) is 4. The number of nitrogens with two attached hydrogens (primary N) is 1. The van der Waals surface area contributed by atoms with E-state index in [0.29, 0.717) is 12.4 Å². The van der Waals surface area contributed by atoms with E-state index in [9.17, 15) is 0 Å². The quantitative estimate of drug-likeness (QED) is 0.591. The summed E-state index contributed by atoms with van der Waals surface area (Å²) in [5.74, 6) is 0.677. The molecular formula is C19H17N5OS. The molecular weight excluding hydrogens is 346 g/mol. The number of anilines is 1. The molecule has 0 fully saturated rings. The molecule has 4 aromatic rings. The number of hydrogen-bond acceptors (Lipinski definition) is 7. The van der Waals surface area contributed by atoms with Crippen molar-refractivity contribution in [1.82, 2.24) is 19.9 Å². The molecule has 0 saturated carbocycles. The van der Waals surface area contributed by atoms with Crippen LogP contribution in [0.1, 0.15) is 17.0 Å². The van der Waals surface area contributed by atoms with Gasteiger partial charge in [-0.15, -0.1) is 0 Å². The smallest absolute Gasteiger partial charge is 0.321 e. The number of thiophene rings is 1. The predicted octanol–water partition coefficient (Wildman–Crippen LogP) is 3.93. The van der Waals surface area contributed by atoms with Crippen LogP contribution in [0.3, 0.4) is 0 Å². The number of para-hydroxylation sites is 1. The normalized spacial score (nSPS) is 11.0. The van der Waals surface area contributed by atoms with Gasteiger partial charge in [-0.1, -0.05) is 18.2 Å². The number of rotatable bonds is 4. The van der Waals surface area contributed by atoms with E-state index in [0.717, 1.165) is 33.3 Å². The highest BCUT2D eigenvalue weighted by Gasteiger charge is 2.13. The molecule has 0 bridgehead atoms. The summed E-state index contributed by atoms with van der Waals surface area (Å²) in [7, 11) is 0. The second-order valence-electron chi connectivity index (χ2n) is 5.97. The van der Waals surface area contributed by atoms with Gasteiger partial charge in [0.25, 0.3) is 0 Å². The molecule has 1 aromatic carbocycles. The molecule has 26 heavy (non-hydrogen) atoms. The Labute approximate surface area is 154 Å². The first-order chi connectivity index (χ1) is 12.6. The molecule has 0 amide bonds. The van der Waals surface area contributed by atoms with Gasteiger partial charge in [-0.05, 0) is 36.9 Å². The first kappa shape index (κ1) is 16.4. The van der Waals surface area contributed by atoms with E-state index in [2.05, 4.69) is 51.5 Å². The lowest BCUT2D eigenvalue weighted by molar-refractivity contribution is 0.280. The van der Waals surface area contributed by atoms with Crippen LogP contribution in [0.5, 0.6) is 6.01 Å². The summed E-state index contributed by atoms with van der Waals surface area (Å²) in [5, 5.41) is 5.20. The molecule has 0 radical (unpaired) electrons. The lowest BCUT2D eigenvalue weighted by atomic mass is 10.0. The molecule has 0 aliphatic rings. The lowest BCUT2D eigenvalue weighted by Crippen LogP contribution is -2.06. The largest absolute Gasteiger partial charge is 0.458 e. The summed E-state index contributed by atoms with van der Waals surface area (Å²) in [6, 6.07) is 10.5. The van der Waals surface area contributed by atoms with Gasteiger partial charge in [0, 0.05) is 21.9 Å². The molecule has 3 aromatic heterocycles. The molecule has 2 N–H and O–H groups in total. The van der Waals surface area contributed by atoms with Gasteiger partial charge in [0.15, 0.2) is 0 Å². The fourth-order valence-electron chi connectivity index (χ4n) is 2.83. The highest BCUT2D eigenvalue weighted by Crippen LogP contribution is 2.29. The van der Waals surface area contributed by atoms with Crippen LogP contribution >= 0.6 is 11.3 Å². The van der Waals surface area contributed by atoms with E-state index in [4.69, 9.17) is 15.5 Å². The molecule has 7 heteroatoms. The second-order valence-corrected chi connectivity index (χ2v) is 6.75. The van der Waals surface area contributed by atoms with Gasteiger partial charge in [0.1, 0.15) is 12.4 Å². The van der Waals surface area contributed by atoms with Crippen molar-refractivity contribution in [2.45, 2.75) is 20.5 Å². The SMILES string of the molecule is Cc1nc(N)nc(OCc2cc3cccc(C)c3nc2-c2ccsc2)n1. The van der Waals surface area contributed by atoms with Crippen LogP contribution in [-0.4, -0.2) is 19.9 Å². The second kappa shape index (κ2) is 6.68. The maximum atomic E-state index is 5.79. The molecule has 0 atom stereocenters. The molecule has 130 valence electrons. The fraction of sp³-hybridized carbons (Fsp3) is 0.158. The van der Waals surface area contributed by atoms with E-state index in [1.807, 2.05) is 11.4 Å². The monoisotopic (exact) mass is 363 g/mol. The van der Waals surface area contributed by atoms with E-state index in [1.54, 1.807) is 18.3 Å². The van der Waals surface area contributed by atoms with Crippen molar-refractivity contribution >= 4 is 28.2 Å². The maximum absolute atomic E-state index is 5.79. The third kappa shape index (κ3) is 3.21. The van der Waals surface area contributed by atoms with Crippen LogP contribution in [0, 0.1) is 13.8 Å². The molecule has 3 heterocycles. The van der Waals surface area contributed by atoms with Crippen molar-refractivity contribution in [3.8, 4) is 17.3 Å². The zero-order chi connectivity index (χ0) is 18.1. The van der Waals surface area contributed by atoms with Crippen molar-refractivity contribution in [2.24, 2.45) is 0 Å².